The van der Waals surface area contributed by atoms with Crippen molar-refractivity contribution in [3.05, 3.63) is 57.8 Å². The number of primary amides is 1. The molecule has 0 aliphatic carbocycles. The zero-order valence-electron chi connectivity index (χ0n) is 13.7. The molecule has 2 amide bonds. The maximum absolute atomic E-state index is 12.8. The number of furan rings is 1. The molecule has 3 aromatic rings. The SMILES string of the molecule is C=CCNC(=O)Cn1c(=O)c2oc3ccccc3c2n(CC(N)=O)c1=O. The number of nitrogens with two attached hydrogens (primary N) is 1. The van der Waals surface area contributed by atoms with E-state index < -0.39 is 36.2 Å². The van der Waals surface area contributed by atoms with Crippen LogP contribution < -0.4 is 22.3 Å². The Labute approximate surface area is 146 Å². The number of rotatable bonds is 6. The van der Waals surface area contributed by atoms with Crippen LogP contribution in [0.3, 0.4) is 0 Å². The second kappa shape index (κ2) is 6.71. The van der Waals surface area contributed by atoms with Crippen LogP contribution in [0.15, 0.2) is 50.9 Å². The van der Waals surface area contributed by atoms with E-state index in [1.54, 1.807) is 24.3 Å². The van der Waals surface area contributed by atoms with Crippen LogP contribution in [0.1, 0.15) is 0 Å². The summed E-state index contributed by atoms with van der Waals surface area (Å²) in [4.78, 5) is 48.8. The Balaban J connectivity index is 2.30. The van der Waals surface area contributed by atoms with Gasteiger partial charge < -0.3 is 15.5 Å². The third-order valence-corrected chi connectivity index (χ3v) is 3.80. The van der Waals surface area contributed by atoms with Gasteiger partial charge in [0, 0.05) is 11.9 Å². The molecule has 0 aliphatic heterocycles. The molecule has 134 valence electrons. The second-order valence-electron chi connectivity index (χ2n) is 5.60. The number of benzene rings is 1. The van der Waals surface area contributed by atoms with E-state index in [0.29, 0.717) is 15.5 Å². The van der Waals surface area contributed by atoms with Crippen LogP contribution in [0, 0.1) is 0 Å². The van der Waals surface area contributed by atoms with Crippen molar-refractivity contribution in [1.29, 1.82) is 0 Å². The fourth-order valence-corrected chi connectivity index (χ4v) is 2.72. The van der Waals surface area contributed by atoms with Gasteiger partial charge in [-0.1, -0.05) is 18.2 Å². The average Bonchev–Trinajstić information content (AvgIpc) is 3.00. The molecule has 0 unspecified atom stereocenters. The topological polar surface area (TPSA) is 129 Å². The normalized spacial score (nSPS) is 10.9. The largest absolute Gasteiger partial charge is 0.449 e. The van der Waals surface area contributed by atoms with Crippen LogP contribution in [-0.2, 0) is 22.7 Å². The molecule has 0 spiro atoms. The number of carbonyl (C=O) groups is 2. The highest BCUT2D eigenvalue weighted by Gasteiger charge is 2.21. The number of hydrogen-bond donors (Lipinski definition) is 2. The molecular weight excluding hydrogens is 340 g/mol. The van der Waals surface area contributed by atoms with Gasteiger partial charge in [0.1, 0.15) is 24.2 Å². The smallest absolute Gasteiger partial charge is 0.332 e. The van der Waals surface area contributed by atoms with E-state index in [0.717, 1.165) is 4.57 Å². The molecular formula is C17H16N4O5. The number of para-hydroxylation sites is 1. The van der Waals surface area contributed by atoms with Crippen molar-refractivity contribution in [2.24, 2.45) is 5.73 Å². The fraction of sp³-hybridized carbons (Fsp3) is 0.176. The van der Waals surface area contributed by atoms with E-state index in [1.165, 1.54) is 6.08 Å². The van der Waals surface area contributed by atoms with Gasteiger partial charge in [0.05, 0.1) is 0 Å². The van der Waals surface area contributed by atoms with Crippen LogP contribution in [0.5, 0.6) is 0 Å². The molecule has 0 atom stereocenters. The van der Waals surface area contributed by atoms with E-state index in [9.17, 15) is 19.2 Å². The van der Waals surface area contributed by atoms with Gasteiger partial charge >= 0.3 is 5.69 Å². The summed E-state index contributed by atoms with van der Waals surface area (Å²) < 4.78 is 7.33. The molecule has 0 radical (unpaired) electrons. The number of nitrogens with one attached hydrogen (secondary N) is 1. The predicted molar refractivity (Wildman–Crippen MR) is 94.6 cm³/mol. The van der Waals surface area contributed by atoms with Crippen LogP contribution >= 0.6 is 0 Å². The minimum absolute atomic E-state index is 0.122. The number of hydrogen-bond acceptors (Lipinski definition) is 5. The first-order valence-corrected chi connectivity index (χ1v) is 7.74. The van der Waals surface area contributed by atoms with Crippen LogP contribution in [-0.4, -0.2) is 27.5 Å². The third kappa shape index (κ3) is 2.90. The highest BCUT2D eigenvalue weighted by atomic mass is 16.3. The molecule has 2 aromatic heterocycles. The molecule has 0 saturated carbocycles. The first-order valence-electron chi connectivity index (χ1n) is 7.74. The summed E-state index contributed by atoms with van der Waals surface area (Å²) in [7, 11) is 0. The monoisotopic (exact) mass is 356 g/mol. The van der Waals surface area contributed by atoms with E-state index in [2.05, 4.69) is 11.9 Å². The molecule has 9 heteroatoms. The molecule has 3 rings (SSSR count). The number of fused-ring (bicyclic) bond motifs is 3. The average molecular weight is 356 g/mol. The Hall–Kier alpha value is -3.62. The first kappa shape index (κ1) is 17.2. The molecule has 26 heavy (non-hydrogen) atoms. The van der Waals surface area contributed by atoms with Gasteiger partial charge in [-0.3, -0.25) is 19.0 Å². The van der Waals surface area contributed by atoms with Crippen LogP contribution in [0.25, 0.3) is 22.1 Å². The van der Waals surface area contributed by atoms with Gasteiger partial charge in [-0.2, -0.15) is 0 Å². The Morgan fingerprint density at radius 3 is 2.62 bits per heavy atom. The quantitative estimate of drug-likeness (QED) is 0.586. The number of aromatic nitrogens is 2. The summed E-state index contributed by atoms with van der Waals surface area (Å²) in [5.74, 6) is -1.31. The molecule has 0 saturated heterocycles. The van der Waals surface area contributed by atoms with Crippen molar-refractivity contribution in [2.75, 3.05) is 6.54 Å². The predicted octanol–water partition coefficient (Wildman–Crippen LogP) is -0.303. The van der Waals surface area contributed by atoms with Crippen molar-refractivity contribution in [1.82, 2.24) is 14.5 Å². The van der Waals surface area contributed by atoms with Gasteiger partial charge in [-0.25, -0.2) is 9.36 Å². The molecule has 3 N–H and O–H groups in total. The van der Waals surface area contributed by atoms with E-state index in [1.807, 2.05) is 0 Å². The lowest BCUT2D eigenvalue weighted by atomic mass is 10.2. The minimum atomic E-state index is -0.818. The molecule has 0 fully saturated rings. The lowest BCUT2D eigenvalue weighted by molar-refractivity contribution is -0.121. The van der Waals surface area contributed by atoms with E-state index >= 15 is 0 Å². The standard InChI is InChI=1S/C17H16N4O5/c1-2-7-19-13(23)9-21-16(24)15-14(20(17(21)25)8-12(18)22)10-5-3-4-6-11(10)26-15/h2-6H,1,7-9H2,(H2,18,22)(H,19,23). The van der Waals surface area contributed by atoms with Gasteiger partial charge in [0.2, 0.25) is 17.4 Å². The number of carbonyl (C=O) groups excluding carboxylic acids is 2. The molecule has 1 aromatic carbocycles. The summed E-state index contributed by atoms with van der Waals surface area (Å²) in [5, 5.41) is 2.98. The molecule has 9 nitrogen and oxygen atoms in total. The summed E-state index contributed by atoms with van der Waals surface area (Å²) in [6.45, 7) is 2.69. The Kier molecular flexibility index (Phi) is 4.44. The van der Waals surface area contributed by atoms with Crippen molar-refractivity contribution < 1.29 is 14.0 Å². The Bertz CT molecular complexity index is 1150. The summed E-state index contributed by atoms with van der Waals surface area (Å²) in [6, 6.07) is 6.72. The molecule has 2 heterocycles. The van der Waals surface area contributed by atoms with Gasteiger partial charge in [0.25, 0.3) is 5.56 Å². The second-order valence-corrected chi connectivity index (χ2v) is 5.60. The number of nitrogens with zero attached hydrogens (tertiary/aromatic N) is 2. The van der Waals surface area contributed by atoms with E-state index in [-0.39, 0.29) is 17.6 Å². The van der Waals surface area contributed by atoms with Crippen molar-refractivity contribution in [3.8, 4) is 0 Å². The third-order valence-electron chi connectivity index (χ3n) is 3.80. The molecule has 0 aliphatic rings. The lowest BCUT2D eigenvalue weighted by Crippen LogP contribution is -2.44. The fourth-order valence-electron chi connectivity index (χ4n) is 2.72. The lowest BCUT2D eigenvalue weighted by Gasteiger charge is -2.10. The first-order chi connectivity index (χ1) is 12.4. The Morgan fingerprint density at radius 2 is 1.92 bits per heavy atom. The van der Waals surface area contributed by atoms with Crippen LogP contribution in [0.4, 0.5) is 0 Å². The van der Waals surface area contributed by atoms with Crippen molar-refractivity contribution in [3.63, 3.8) is 0 Å². The maximum atomic E-state index is 12.8. The summed E-state index contributed by atoms with van der Waals surface area (Å²) in [5.41, 5.74) is 4.11. The highest BCUT2D eigenvalue weighted by molar-refractivity contribution is 6.02. The minimum Gasteiger partial charge on any atom is -0.449 e. The van der Waals surface area contributed by atoms with Gasteiger partial charge in [-0.15, -0.1) is 6.58 Å². The van der Waals surface area contributed by atoms with Crippen LogP contribution in [0.2, 0.25) is 0 Å². The van der Waals surface area contributed by atoms with Gasteiger partial charge in [-0.05, 0) is 12.1 Å². The maximum Gasteiger partial charge on any atom is 0.332 e. The van der Waals surface area contributed by atoms with Crippen molar-refractivity contribution >= 4 is 33.9 Å². The molecule has 0 bridgehead atoms. The van der Waals surface area contributed by atoms with Gasteiger partial charge in [0.15, 0.2) is 0 Å². The van der Waals surface area contributed by atoms with Crippen molar-refractivity contribution in [2.45, 2.75) is 13.1 Å². The number of amides is 2. The zero-order valence-corrected chi connectivity index (χ0v) is 13.7. The zero-order chi connectivity index (χ0) is 18.8. The van der Waals surface area contributed by atoms with E-state index in [4.69, 9.17) is 10.2 Å². The summed E-state index contributed by atoms with van der Waals surface area (Å²) in [6.07, 6.45) is 1.47. The Morgan fingerprint density at radius 1 is 1.19 bits per heavy atom. The summed E-state index contributed by atoms with van der Waals surface area (Å²) >= 11 is 0. The highest BCUT2D eigenvalue weighted by Crippen LogP contribution is 2.25.